The smallest absolute Gasteiger partial charge is 0.261 e. The topological polar surface area (TPSA) is 127 Å². The third-order valence-electron chi connectivity index (χ3n) is 6.57. The summed E-state index contributed by atoms with van der Waals surface area (Å²) < 4.78 is 1.64. The Bertz CT molecular complexity index is 1700. The van der Waals surface area contributed by atoms with Gasteiger partial charge >= 0.3 is 0 Å². The lowest BCUT2D eigenvalue weighted by atomic mass is 10.1. The number of carbonyl (C=O) groups is 2. The fourth-order valence-electron chi connectivity index (χ4n) is 4.76. The van der Waals surface area contributed by atoms with Crippen LogP contribution in [0, 0.1) is 0 Å². The zero-order chi connectivity index (χ0) is 24.8. The van der Waals surface area contributed by atoms with Crippen LogP contribution in [0.25, 0.3) is 21.9 Å². The van der Waals surface area contributed by atoms with Gasteiger partial charge in [0.1, 0.15) is 5.82 Å². The first-order valence-electron chi connectivity index (χ1n) is 11.7. The zero-order valence-corrected chi connectivity index (χ0v) is 19.3. The highest BCUT2D eigenvalue weighted by Crippen LogP contribution is 2.23. The molecule has 36 heavy (non-hydrogen) atoms. The maximum Gasteiger partial charge on any atom is 0.261 e. The van der Waals surface area contributed by atoms with Crippen molar-refractivity contribution < 1.29 is 9.59 Å². The standard InChI is InChI=1S/C27H22N6O3/c28-27-30-21-10-9-16(15-22(21)31-27)11-13-32-23(29-20-8-4-3-7-19(20)26(32)36)12-14-33-24(34)17-5-1-2-6-18(17)25(33)35/h1-10,15H,11-14H2,(H3,28,30,31). The molecular weight excluding hydrogens is 456 g/mol. The summed E-state index contributed by atoms with van der Waals surface area (Å²) in [7, 11) is 0. The van der Waals surface area contributed by atoms with Gasteiger partial charge in [-0.05, 0) is 48.4 Å². The Balaban J connectivity index is 1.30. The average Bonchev–Trinajstić information content (AvgIpc) is 3.38. The number of nitrogens with two attached hydrogens (primary N) is 1. The molecule has 0 bridgehead atoms. The molecule has 1 aliphatic rings. The normalized spacial score (nSPS) is 13.2. The molecule has 3 N–H and O–H groups in total. The lowest BCUT2D eigenvalue weighted by Crippen LogP contribution is -2.34. The highest BCUT2D eigenvalue weighted by molar-refractivity contribution is 6.21. The maximum absolute atomic E-state index is 13.4. The summed E-state index contributed by atoms with van der Waals surface area (Å²) in [4.78, 5) is 52.3. The van der Waals surface area contributed by atoms with Crippen LogP contribution in [0.4, 0.5) is 5.95 Å². The second-order valence-corrected chi connectivity index (χ2v) is 8.78. The van der Waals surface area contributed by atoms with Gasteiger partial charge in [-0.1, -0.05) is 30.3 Å². The Morgan fingerprint density at radius 3 is 2.28 bits per heavy atom. The van der Waals surface area contributed by atoms with Crippen molar-refractivity contribution in [2.75, 3.05) is 12.3 Å². The number of carbonyl (C=O) groups excluding carboxylic acids is 2. The molecule has 0 fully saturated rings. The van der Waals surface area contributed by atoms with E-state index in [1.165, 1.54) is 4.90 Å². The lowest BCUT2D eigenvalue weighted by Gasteiger charge is -2.17. The number of hydrogen-bond acceptors (Lipinski definition) is 6. The predicted octanol–water partition coefficient (Wildman–Crippen LogP) is 2.94. The Kier molecular flexibility index (Phi) is 5.10. The van der Waals surface area contributed by atoms with E-state index in [9.17, 15) is 14.4 Å². The van der Waals surface area contributed by atoms with Crippen LogP contribution in [0.3, 0.4) is 0 Å². The number of fused-ring (bicyclic) bond motifs is 3. The molecule has 9 heteroatoms. The predicted molar refractivity (Wildman–Crippen MR) is 136 cm³/mol. The molecule has 0 saturated carbocycles. The van der Waals surface area contributed by atoms with Gasteiger partial charge in [0.2, 0.25) is 0 Å². The third kappa shape index (κ3) is 3.61. The van der Waals surface area contributed by atoms with Crippen molar-refractivity contribution in [3.8, 4) is 0 Å². The second kappa shape index (κ2) is 8.46. The first kappa shape index (κ1) is 21.7. The van der Waals surface area contributed by atoms with Gasteiger partial charge < -0.3 is 10.7 Å². The molecule has 0 radical (unpaired) electrons. The van der Waals surface area contributed by atoms with Crippen molar-refractivity contribution in [2.24, 2.45) is 0 Å². The Hall–Kier alpha value is -4.79. The highest BCUT2D eigenvalue weighted by Gasteiger charge is 2.34. The number of aryl methyl sites for hydroxylation is 1. The van der Waals surface area contributed by atoms with Crippen LogP contribution in [-0.4, -0.2) is 42.8 Å². The maximum atomic E-state index is 13.4. The van der Waals surface area contributed by atoms with Gasteiger partial charge in [-0.2, -0.15) is 0 Å². The molecule has 0 spiro atoms. The molecular formula is C27H22N6O3. The van der Waals surface area contributed by atoms with Gasteiger partial charge in [0.15, 0.2) is 5.95 Å². The summed E-state index contributed by atoms with van der Waals surface area (Å²) >= 11 is 0. The van der Waals surface area contributed by atoms with Crippen molar-refractivity contribution in [3.05, 3.63) is 99.6 Å². The zero-order valence-electron chi connectivity index (χ0n) is 19.3. The summed E-state index contributed by atoms with van der Waals surface area (Å²) in [5, 5.41) is 0.527. The number of para-hydroxylation sites is 1. The molecule has 9 nitrogen and oxygen atoms in total. The van der Waals surface area contributed by atoms with Gasteiger partial charge in [-0.15, -0.1) is 0 Å². The van der Waals surface area contributed by atoms with Crippen LogP contribution in [0.5, 0.6) is 0 Å². The van der Waals surface area contributed by atoms with E-state index in [1.807, 2.05) is 30.3 Å². The largest absolute Gasteiger partial charge is 0.369 e. The van der Waals surface area contributed by atoms with E-state index >= 15 is 0 Å². The number of benzene rings is 3. The minimum Gasteiger partial charge on any atom is -0.369 e. The van der Waals surface area contributed by atoms with E-state index in [0.717, 1.165) is 16.6 Å². The van der Waals surface area contributed by atoms with Crippen LogP contribution in [-0.2, 0) is 19.4 Å². The van der Waals surface area contributed by atoms with Crippen LogP contribution in [0.1, 0.15) is 32.1 Å². The average molecular weight is 479 g/mol. The number of aromatic amines is 1. The van der Waals surface area contributed by atoms with Crippen molar-refractivity contribution in [2.45, 2.75) is 19.4 Å². The molecule has 3 heterocycles. The molecule has 1 aliphatic heterocycles. The third-order valence-corrected chi connectivity index (χ3v) is 6.57. The van der Waals surface area contributed by atoms with Crippen LogP contribution < -0.4 is 11.3 Å². The van der Waals surface area contributed by atoms with E-state index < -0.39 is 0 Å². The van der Waals surface area contributed by atoms with E-state index in [4.69, 9.17) is 10.7 Å². The fraction of sp³-hybridized carbons (Fsp3) is 0.148. The Morgan fingerprint density at radius 2 is 1.50 bits per heavy atom. The molecule has 2 aromatic heterocycles. The number of amides is 2. The number of imide groups is 1. The number of nitrogens with one attached hydrogen (secondary N) is 1. The molecule has 6 rings (SSSR count). The Morgan fingerprint density at radius 1 is 0.778 bits per heavy atom. The van der Waals surface area contributed by atoms with Crippen LogP contribution >= 0.6 is 0 Å². The van der Waals surface area contributed by atoms with Gasteiger partial charge in [0.05, 0.1) is 33.1 Å². The van der Waals surface area contributed by atoms with Gasteiger partial charge in [-0.25, -0.2) is 9.97 Å². The van der Waals surface area contributed by atoms with Crippen molar-refractivity contribution in [1.29, 1.82) is 0 Å². The van der Waals surface area contributed by atoms with Crippen molar-refractivity contribution >= 4 is 39.7 Å². The van der Waals surface area contributed by atoms with E-state index in [1.54, 1.807) is 41.0 Å². The monoisotopic (exact) mass is 478 g/mol. The molecule has 178 valence electrons. The van der Waals surface area contributed by atoms with Crippen molar-refractivity contribution in [1.82, 2.24) is 24.4 Å². The SMILES string of the molecule is Nc1nc2ccc(CCn3c(CCN4C(=O)c5ccccc5C4=O)nc4ccccc4c3=O)cc2[nH]1. The summed E-state index contributed by atoms with van der Waals surface area (Å²) in [6, 6.07) is 19.8. The molecule has 2 amide bonds. The minimum atomic E-state index is -0.322. The van der Waals surface area contributed by atoms with Crippen LogP contribution in [0.15, 0.2) is 71.5 Å². The second-order valence-electron chi connectivity index (χ2n) is 8.78. The first-order valence-corrected chi connectivity index (χ1v) is 11.7. The number of hydrogen-bond donors (Lipinski definition) is 2. The number of H-pyrrole nitrogens is 1. The molecule has 3 aromatic carbocycles. The fourth-order valence-corrected chi connectivity index (χ4v) is 4.76. The molecule has 0 unspecified atom stereocenters. The molecule has 0 aliphatic carbocycles. The van der Waals surface area contributed by atoms with Gasteiger partial charge in [0.25, 0.3) is 17.4 Å². The number of nitrogens with zero attached hydrogens (tertiary/aromatic N) is 4. The number of imidazole rings is 1. The number of aromatic nitrogens is 4. The van der Waals surface area contributed by atoms with Gasteiger partial charge in [-0.3, -0.25) is 23.9 Å². The highest BCUT2D eigenvalue weighted by atomic mass is 16.2. The lowest BCUT2D eigenvalue weighted by molar-refractivity contribution is 0.0655. The number of rotatable bonds is 6. The van der Waals surface area contributed by atoms with Gasteiger partial charge in [0, 0.05) is 19.5 Å². The molecule has 5 aromatic rings. The summed E-state index contributed by atoms with van der Waals surface area (Å²) in [5.41, 5.74) is 9.63. The quantitative estimate of drug-likeness (QED) is 0.361. The Labute approximate surface area is 205 Å². The van der Waals surface area contributed by atoms with Crippen LogP contribution in [0.2, 0.25) is 0 Å². The summed E-state index contributed by atoms with van der Waals surface area (Å²) in [6.45, 7) is 0.528. The molecule has 0 saturated heterocycles. The summed E-state index contributed by atoms with van der Waals surface area (Å²) in [6.07, 6.45) is 0.844. The number of anilines is 1. The number of nitrogen functional groups attached to an aromatic ring is 1. The summed E-state index contributed by atoms with van der Waals surface area (Å²) in [5.74, 6) is 0.240. The van der Waals surface area contributed by atoms with E-state index in [-0.39, 0.29) is 30.3 Å². The van der Waals surface area contributed by atoms with E-state index in [2.05, 4.69) is 9.97 Å². The first-order chi connectivity index (χ1) is 17.5. The minimum absolute atomic E-state index is 0.135. The van der Waals surface area contributed by atoms with E-state index in [0.29, 0.717) is 46.8 Å². The van der Waals surface area contributed by atoms with Crippen molar-refractivity contribution in [3.63, 3.8) is 0 Å². The molecule has 0 atom stereocenters.